The molecule has 0 saturated carbocycles. The van der Waals surface area contributed by atoms with Crippen molar-refractivity contribution in [2.75, 3.05) is 26.4 Å². The number of allylic oxidation sites excluding steroid dienone is 8. The fraction of sp³-hybridized carbons (Fsp3) is 0.792. The van der Waals surface area contributed by atoms with Crippen LogP contribution in [-0.4, -0.2) is 54.3 Å². The smallest absolute Gasteiger partial charge is 0.463 e. The van der Waals surface area contributed by atoms with Gasteiger partial charge in [0, 0.05) is 19.4 Å². The standard InChI is InChI=1S/C48H88NO8P/c1-3-5-7-9-11-13-15-17-19-21-23-25-27-29-31-33-35-37-39-41-48(52)55-44-46(50)45-57-58(53,54)56-43-42-49-47(51)40-38-36-34-32-30-28-26-24-22-20-18-16-14-12-10-8-6-4-2/h11,13-14,16-17,19-20,22,46,50H,3-10,12,15,18,21,23-45H2,1-2H3,(H,49,51)(H,53,54)/b13-11-,16-14-,19-17-,22-20-. The van der Waals surface area contributed by atoms with Crippen LogP contribution in [0.5, 0.6) is 0 Å². The lowest BCUT2D eigenvalue weighted by molar-refractivity contribution is -0.147. The number of esters is 1. The van der Waals surface area contributed by atoms with Crippen LogP contribution in [0.25, 0.3) is 0 Å². The highest BCUT2D eigenvalue weighted by atomic mass is 31.2. The molecule has 9 nitrogen and oxygen atoms in total. The Morgan fingerprint density at radius 1 is 0.534 bits per heavy atom. The fourth-order valence-corrected chi connectivity index (χ4v) is 7.14. The van der Waals surface area contributed by atoms with E-state index in [1.165, 1.54) is 128 Å². The maximum atomic E-state index is 12.1. The van der Waals surface area contributed by atoms with Crippen molar-refractivity contribution in [1.82, 2.24) is 5.32 Å². The normalized spacial score (nSPS) is 13.7. The van der Waals surface area contributed by atoms with Gasteiger partial charge in [-0.25, -0.2) is 4.57 Å². The highest BCUT2D eigenvalue weighted by Crippen LogP contribution is 2.42. The molecule has 1 amide bonds. The van der Waals surface area contributed by atoms with Gasteiger partial charge in [-0.05, 0) is 77.0 Å². The van der Waals surface area contributed by atoms with Gasteiger partial charge in [-0.1, -0.05) is 172 Å². The van der Waals surface area contributed by atoms with Crippen LogP contribution in [0.4, 0.5) is 0 Å². The van der Waals surface area contributed by atoms with Crippen molar-refractivity contribution in [2.24, 2.45) is 0 Å². The average Bonchev–Trinajstić information content (AvgIpc) is 3.21. The summed E-state index contributed by atoms with van der Waals surface area (Å²) in [5, 5.41) is 12.7. The molecule has 0 bridgehead atoms. The first kappa shape index (κ1) is 56.0. The SMILES string of the molecule is CCCCC/C=C\C/C=C\CCCCCCCCCCCC(=O)OCC(O)COP(=O)(O)OCCNC(=O)CCCCCCCCC/C=C\C/C=C\CCCCCC. The molecule has 0 aliphatic heterocycles. The van der Waals surface area contributed by atoms with Gasteiger partial charge in [0.15, 0.2) is 0 Å². The van der Waals surface area contributed by atoms with Gasteiger partial charge in [0.1, 0.15) is 12.7 Å². The Morgan fingerprint density at radius 2 is 0.931 bits per heavy atom. The zero-order valence-corrected chi connectivity index (χ0v) is 38.1. The first-order valence-electron chi connectivity index (χ1n) is 23.6. The molecule has 0 fully saturated rings. The molecular weight excluding hydrogens is 750 g/mol. The van der Waals surface area contributed by atoms with Crippen LogP contribution in [-0.2, 0) is 27.9 Å². The van der Waals surface area contributed by atoms with Crippen LogP contribution in [0.1, 0.15) is 213 Å². The quantitative estimate of drug-likeness (QED) is 0.0239. The number of amides is 1. The lowest BCUT2D eigenvalue weighted by Crippen LogP contribution is -2.27. The van der Waals surface area contributed by atoms with Crippen molar-refractivity contribution in [3.8, 4) is 0 Å². The van der Waals surface area contributed by atoms with Gasteiger partial charge in [0.2, 0.25) is 5.91 Å². The van der Waals surface area contributed by atoms with Crippen LogP contribution >= 0.6 is 7.82 Å². The molecule has 0 saturated heterocycles. The van der Waals surface area contributed by atoms with E-state index in [0.717, 1.165) is 57.8 Å². The topological polar surface area (TPSA) is 131 Å². The van der Waals surface area contributed by atoms with Crippen molar-refractivity contribution < 1.29 is 37.9 Å². The van der Waals surface area contributed by atoms with Gasteiger partial charge in [0.05, 0.1) is 13.2 Å². The van der Waals surface area contributed by atoms with Crippen molar-refractivity contribution in [1.29, 1.82) is 0 Å². The van der Waals surface area contributed by atoms with Crippen LogP contribution < -0.4 is 5.32 Å². The molecule has 0 spiro atoms. The third-order valence-corrected chi connectivity index (χ3v) is 11.0. The molecule has 0 aliphatic carbocycles. The maximum Gasteiger partial charge on any atom is 0.472 e. The third kappa shape index (κ3) is 45.1. The lowest BCUT2D eigenvalue weighted by atomic mass is 10.1. The molecule has 2 atom stereocenters. The second kappa shape index (κ2) is 44.5. The number of unbranched alkanes of at least 4 members (excludes halogenated alkanes) is 23. The summed E-state index contributed by atoms with van der Waals surface area (Å²) in [6.07, 6.45) is 51.8. The molecule has 10 heteroatoms. The summed E-state index contributed by atoms with van der Waals surface area (Å²) in [6.45, 7) is 3.51. The number of phosphoric acid groups is 1. The number of aliphatic hydroxyl groups excluding tert-OH is 1. The summed E-state index contributed by atoms with van der Waals surface area (Å²) in [4.78, 5) is 34.0. The van der Waals surface area contributed by atoms with Crippen molar-refractivity contribution in [3.05, 3.63) is 48.6 Å². The predicted molar refractivity (Wildman–Crippen MR) is 243 cm³/mol. The summed E-state index contributed by atoms with van der Waals surface area (Å²) in [7, 11) is -4.42. The molecule has 0 radical (unpaired) electrons. The van der Waals surface area contributed by atoms with E-state index in [1.54, 1.807) is 0 Å². The molecule has 0 aromatic carbocycles. The Bertz CT molecular complexity index is 1090. The largest absolute Gasteiger partial charge is 0.472 e. The molecule has 3 N–H and O–H groups in total. The van der Waals surface area contributed by atoms with E-state index in [2.05, 4.69) is 67.8 Å². The number of hydrogen-bond donors (Lipinski definition) is 3. The molecule has 338 valence electrons. The molecular formula is C48H88NO8P. The second-order valence-corrected chi connectivity index (χ2v) is 17.2. The van der Waals surface area contributed by atoms with Crippen LogP contribution in [0, 0.1) is 0 Å². The summed E-state index contributed by atoms with van der Waals surface area (Å²) in [6, 6.07) is 0. The molecule has 0 rings (SSSR count). The van der Waals surface area contributed by atoms with E-state index in [9.17, 15) is 24.2 Å². The van der Waals surface area contributed by atoms with Gasteiger partial charge in [0.25, 0.3) is 0 Å². The van der Waals surface area contributed by atoms with Gasteiger partial charge < -0.3 is 20.1 Å². The first-order valence-corrected chi connectivity index (χ1v) is 25.1. The summed E-state index contributed by atoms with van der Waals surface area (Å²) in [5.74, 6) is -0.527. The number of phosphoric ester groups is 1. The maximum absolute atomic E-state index is 12.1. The third-order valence-electron chi connectivity index (χ3n) is 9.98. The minimum atomic E-state index is -4.42. The Labute approximate surface area is 355 Å². The molecule has 58 heavy (non-hydrogen) atoms. The van der Waals surface area contributed by atoms with E-state index in [-0.39, 0.29) is 32.1 Å². The monoisotopic (exact) mass is 838 g/mol. The Morgan fingerprint density at radius 3 is 1.41 bits per heavy atom. The number of ether oxygens (including phenoxy) is 1. The molecule has 0 heterocycles. The molecule has 2 unspecified atom stereocenters. The van der Waals surface area contributed by atoms with Crippen LogP contribution in [0.15, 0.2) is 48.6 Å². The zero-order valence-electron chi connectivity index (χ0n) is 37.2. The zero-order chi connectivity index (χ0) is 42.5. The van der Waals surface area contributed by atoms with E-state index in [1.807, 2.05) is 0 Å². The Hall–Kier alpha value is -2.03. The summed E-state index contributed by atoms with van der Waals surface area (Å²) >= 11 is 0. The van der Waals surface area contributed by atoms with E-state index in [0.29, 0.717) is 6.42 Å². The van der Waals surface area contributed by atoms with Crippen LogP contribution in [0.2, 0.25) is 0 Å². The molecule has 0 aliphatic rings. The summed E-state index contributed by atoms with van der Waals surface area (Å²) < 4.78 is 26.9. The highest BCUT2D eigenvalue weighted by molar-refractivity contribution is 7.47. The second-order valence-electron chi connectivity index (χ2n) is 15.7. The average molecular weight is 838 g/mol. The molecule has 0 aromatic rings. The minimum Gasteiger partial charge on any atom is -0.463 e. The fourth-order valence-electron chi connectivity index (χ4n) is 6.38. The highest BCUT2D eigenvalue weighted by Gasteiger charge is 2.23. The summed E-state index contributed by atoms with van der Waals surface area (Å²) in [5.41, 5.74) is 0. The number of aliphatic hydroxyl groups is 1. The van der Waals surface area contributed by atoms with E-state index in [4.69, 9.17) is 13.8 Å². The number of carbonyl (C=O) groups excluding carboxylic acids is 2. The number of hydrogen-bond acceptors (Lipinski definition) is 7. The first-order chi connectivity index (χ1) is 28.3. The van der Waals surface area contributed by atoms with Gasteiger partial charge >= 0.3 is 13.8 Å². The number of carbonyl (C=O) groups is 2. The lowest BCUT2D eigenvalue weighted by Gasteiger charge is -2.15. The van der Waals surface area contributed by atoms with Crippen molar-refractivity contribution >= 4 is 19.7 Å². The minimum absolute atomic E-state index is 0.0760. The van der Waals surface area contributed by atoms with Crippen molar-refractivity contribution in [3.63, 3.8) is 0 Å². The Kier molecular flexibility index (Phi) is 43.0. The predicted octanol–water partition coefficient (Wildman–Crippen LogP) is 13.5. The van der Waals surface area contributed by atoms with Crippen LogP contribution in [0.3, 0.4) is 0 Å². The van der Waals surface area contributed by atoms with Gasteiger partial charge in [-0.15, -0.1) is 0 Å². The molecule has 0 aromatic heterocycles. The van der Waals surface area contributed by atoms with E-state index < -0.39 is 26.5 Å². The van der Waals surface area contributed by atoms with Gasteiger partial charge in [-0.3, -0.25) is 18.6 Å². The number of rotatable bonds is 44. The van der Waals surface area contributed by atoms with E-state index >= 15 is 0 Å². The van der Waals surface area contributed by atoms with Crippen molar-refractivity contribution in [2.45, 2.75) is 219 Å². The number of nitrogens with one attached hydrogen (secondary N) is 1. The van der Waals surface area contributed by atoms with Gasteiger partial charge in [-0.2, -0.15) is 0 Å². The Balaban J connectivity index is 3.60.